The molecule has 0 atom stereocenters. The minimum absolute atomic E-state index is 0.786. The van der Waals surface area contributed by atoms with E-state index in [1.807, 2.05) is 14.0 Å². The first-order valence-corrected chi connectivity index (χ1v) is 5.31. The molecule has 1 aliphatic rings. The topological polar surface area (TPSA) is 41.0 Å². The lowest BCUT2D eigenvalue weighted by Gasteiger charge is -2.38. The van der Waals surface area contributed by atoms with Crippen LogP contribution in [0, 0.1) is 12.8 Å². The fourth-order valence-corrected chi connectivity index (χ4v) is 2.26. The molecule has 1 aromatic heterocycles. The first-order chi connectivity index (χ1) is 6.29. The van der Waals surface area contributed by atoms with Crippen LogP contribution < -0.4 is 10.2 Å². The summed E-state index contributed by atoms with van der Waals surface area (Å²) in [6, 6.07) is 0. The number of hydrogen-bond acceptors (Lipinski definition) is 5. The Kier molecular flexibility index (Phi) is 2.46. The molecule has 13 heavy (non-hydrogen) atoms. The number of aryl methyl sites for hydroxylation is 1. The van der Waals surface area contributed by atoms with Gasteiger partial charge in [-0.1, -0.05) is 11.3 Å². The summed E-state index contributed by atoms with van der Waals surface area (Å²) < 4.78 is 0. The maximum absolute atomic E-state index is 4.11. The van der Waals surface area contributed by atoms with Crippen LogP contribution in [-0.4, -0.2) is 36.9 Å². The molecule has 0 unspecified atom stereocenters. The zero-order valence-electron chi connectivity index (χ0n) is 7.95. The zero-order valence-corrected chi connectivity index (χ0v) is 8.77. The van der Waals surface area contributed by atoms with Gasteiger partial charge in [-0.2, -0.15) is 0 Å². The first kappa shape index (κ1) is 8.90. The number of anilines is 1. The molecule has 1 N–H and O–H groups in total. The molecular formula is C8H14N4S. The van der Waals surface area contributed by atoms with E-state index in [1.54, 1.807) is 11.3 Å². The minimum atomic E-state index is 0.786. The average Bonchev–Trinajstić information content (AvgIpc) is 2.43. The van der Waals surface area contributed by atoms with Crippen molar-refractivity contribution < 1.29 is 0 Å². The molecule has 0 saturated carbocycles. The summed E-state index contributed by atoms with van der Waals surface area (Å²) >= 11 is 1.68. The van der Waals surface area contributed by atoms with Gasteiger partial charge in [-0.25, -0.2) is 0 Å². The highest BCUT2D eigenvalue weighted by Gasteiger charge is 2.28. The summed E-state index contributed by atoms with van der Waals surface area (Å²) in [7, 11) is 2.00. The predicted octanol–water partition coefficient (Wildman–Crippen LogP) is 0.502. The third-order valence-electron chi connectivity index (χ3n) is 2.24. The zero-order chi connectivity index (χ0) is 9.26. The molecule has 0 bridgehead atoms. The summed E-state index contributed by atoms with van der Waals surface area (Å²) in [5, 5.41) is 13.4. The molecule has 0 amide bonds. The van der Waals surface area contributed by atoms with Crippen molar-refractivity contribution in [3.05, 3.63) is 5.01 Å². The van der Waals surface area contributed by atoms with Crippen molar-refractivity contribution in [2.24, 2.45) is 5.92 Å². The van der Waals surface area contributed by atoms with Crippen molar-refractivity contribution >= 4 is 16.5 Å². The van der Waals surface area contributed by atoms with Crippen LogP contribution in [0.15, 0.2) is 0 Å². The fraction of sp³-hybridized carbons (Fsp3) is 0.750. The molecule has 1 saturated heterocycles. The van der Waals surface area contributed by atoms with Gasteiger partial charge in [0.15, 0.2) is 0 Å². The van der Waals surface area contributed by atoms with Crippen molar-refractivity contribution in [3.63, 3.8) is 0 Å². The summed E-state index contributed by atoms with van der Waals surface area (Å²) in [6.45, 7) is 5.34. The van der Waals surface area contributed by atoms with E-state index in [-0.39, 0.29) is 0 Å². The Morgan fingerprint density at radius 3 is 2.85 bits per heavy atom. The van der Waals surface area contributed by atoms with E-state index in [1.165, 1.54) is 0 Å². The smallest absolute Gasteiger partial charge is 0.208 e. The second-order valence-corrected chi connectivity index (χ2v) is 4.59. The Bertz CT molecular complexity index is 279. The maximum atomic E-state index is 4.11. The Labute approximate surface area is 82.0 Å². The van der Waals surface area contributed by atoms with E-state index < -0.39 is 0 Å². The molecular weight excluding hydrogens is 184 g/mol. The molecule has 1 fully saturated rings. The normalized spacial score (nSPS) is 17.5. The first-order valence-electron chi connectivity index (χ1n) is 4.49. The number of aromatic nitrogens is 2. The van der Waals surface area contributed by atoms with Gasteiger partial charge < -0.3 is 10.2 Å². The van der Waals surface area contributed by atoms with Crippen LogP contribution in [0.25, 0.3) is 0 Å². The lowest BCUT2D eigenvalue weighted by Crippen LogP contribution is -2.50. The Balaban J connectivity index is 1.86. The Hall–Kier alpha value is -0.680. The molecule has 0 aromatic carbocycles. The van der Waals surface area contributed by atoms with Gasteiger partial charge in [-0.15, -0.1) is 10.2 Å². The van der Waals surface area contributed by atoms with Crippen LogP contribution in [0.2, 0.25) is 0 Å². The second-order valence-electron chi connectivity index (χ2n) is 3.43. The van der Waals surface area contributed by atoms with Gasteiger partial charge in [-0.3, -0.25) is 0 Å². The quantitative estimate of drug-likeness (QED) is 0.768. The molecule has 0 radical (unpaired) electrons. The largest absolute Gasteiger partial charge is 0.346 e. The van der Waals surface area contributed by atoms with Crippen LogP contribution in [0.5, 0.6) is 0 Å². The van der Waals surface area contributed by atoms with Gasteiger partial charge in [0.1, 0.15) is 5.01 Å². The molecule has 1 aliphatic heterocycles. The highest BCUT2D eigenvalue weighted by Crippen LogP contribution is 2.26. The van der Waals surface area contributed by atoms with Crippen LogP contribution in [-0.2, 0) is 0 Å². The Morgan fingerprint density at radius 2 is 2.31 bits per heavy atom. The SMILES string of the molecule is CNCC1CN(c2nnc(C)s2)C1. The van der Waals surface area contributed by atoms with E-state index in [4.69, 9.17) is 0 Å². The van der Waals surface area contributed by atoms with Gasteiger partial charge in [0.2, 0.25) is 5.13 Å². The lowest BCUT2D eigenvalue weighted by molar-refractivity contribution is 0.396. The standard InChI is InChI=1S/C8H14N4S/c1-6-10-11-8(13-6)12-4-7(5-12)3-9-2/h7,9H,3-5H2,1-2H3. The highest BCUT2D eigenvalue weighted by atomic mass is 32.1. The van der Waals surface area contributed by atoms with Crippen molar-refractivity contribution in [2.75, 3.05) is 31.6 Å². The van der Waals surface area contributed by atoms with Crippen molar-refractivity contribution in [1.29, 1.82) is 0 Å². The highest BCUT2D eigenvalue weighted by molar-refractivity contribution is 7.15. The number of hydrogen-bond donors (Lipinski definition) is 1. The number of rotatable bonds is 3. The van der Waals surface area contributed by atoms with E-state index in [2.05, 4.69) is 20.4 Å². The third kappa shape index (κ3) is 1.81. The molecule has 72 valence electrons. The predicted molar refractivity (Wildman–Crippen MR) is 54.3 cm³/mol. The summed E-state index contributed by atoms with van der Waals surface area (Å²) in [6.07, 6.45) is 0. The molecule has 2 heterocycles. The van der Waals surface area contributed by atoms with Crippen molar-refractivity contribution in [3.8, 4) is 0 Å². The van der Waals surface area contributed by atoms with Gasteiger partial charge in [0, 0.05) is 25.6 Å². The number of nitrogens with one attached hydrogen (secondary N) is 1. The summed E-state index contributed by atoms with van der Waals surface area (Å²) in [5.74, 6) is 0.786. The van der Waals surface area contributed by atoms with Gasteiger partial charge in [0.05, 0.1) is 0 Å². The monoisotopic (exact) mass is 198 g/mol. The summed E-state index contributed by atoms with van der Waals surface area (Å²) in [5.41, 5.74) is 0. The molecule has 2 rings (SSSR count). The van der Waals surface area contributed by atoms with Crippen LogP contribution >= 0.6 is 11.3 Å². The fourth-order valence-electron chi connectivity index (χ4n) is 1.56. The van der Waals surface area contributed by atoms with E-state index in [9.17, 15) is 0 Å². The third-order valence-corrected chi connectivity index (χ3v) is 3.14. The molecule has 0 aliphatic carbocycles. The minimum Gasteiger partial charge on any atom is -0.346 e. The van der Waals surface area contributed by atoms with Crippen LogP contribution in [0.4, 0.5) is 5.13 Å². The molecule has 1 aromatic rings. The number of nitrogens with zero attached hydrogens (tertiary/aromatic N) is 3. The van der Waals surface area contributed by atoms with Gasteiger partial charge >= 0.3 is 0 Å². The van der Waals surface area contributed by atoms with Crippen molar-refractivity contribution in [2.45, 2.75) is 6.92 Å². The molecule has 5 heteroatoms. The van der Waals surface area contributed by atoms with Crippen LogP contribution in [0.3, 0.4) is 0 Å². The maximum Gasteiger partial charge on any atom is 0.208 e. The summed E-state index contributed by atoms with van der Waals surface area (Å²) in [4.78, 5) is 2.28. The van der Waals surface area contributed by atoms with E-state index in [0.717, 1.165) is 35.7 Å². The van der Waals surface area contributed by atoms with Gasteiger partial charge in [-0.05, 0) is 14.0 Å². The molecule has 4 nitrogen and oxygen atoms in total. The van der Waals surface area contributed by atoms with Crippen LogP contribution in [0.1, 0.15) is 5.01 Å². The van der Waals surface area contributed by atoms with Gasteiger partial charge in [0.25, 0.3) is 0 Å². The van der Waals surface area contributed by atoms with E-state index >= 15 is 0 Å². The molecule has 0 spiro atoms. The average molecular weight is 198 g/mol. The lowest BCUT2D eigenvalue weighted by atomic mass is 10.0. The van der Waals surface area contributed by atoms with E-state index in [0.29, 0.717) is 0 Å². The second kappa shape index (κ2) is 3.59. The Morgan fingerprint density at radius 1 is 1.54 bits per heavy atom. The van der Waals surface area contributed by atoms with Crippen molar-refractivity contribution in [1.82, 2.24) is 15.5 Å².